The summed E-state index contributed by atoms with van der Waals surface area (Å²) >= 11 is 25.4. The minimum atomic E-state index is 0. The topological polar surface area (TPSA) is 0 Å². The maximum Gasteiger partial charge on any atom is 0.000442 e. The van der Waals surface area contributed by atoms with Gasteiger partial charge in [-0.3, -0.25) is 0 Å². The molecule has 0 spiro atoms. The van der Waals surface area contributed by atoms with Gasteiger partial charge in [-0.25, -0.2) is 0 Å². The Morgan fingerprint density at radius 2 is 0.967 bits per heavy atom. The van der Waals surface area contributed by atoms with Gasteiger partial charge in [0.05, 0.1) is 0 Å². The average molecular weight is 616 g/mol. The fourth-order valence-corrected chi connectivity index (χ4v) is 3.91. The zero-order chi connectivity index (χ0) is 21.0. The number of benzene rings is 2. The number of aryl methyl sites for hydroxylation is 2. The predicted molar refractivity (Wildman–Crippen MR) is 126 cm³/mol. The Morgan fingerprint density at radius 3 is 1.27 bits per heavy atom. The third-order valence-corrected chi connectivity index (χ3v) is 4.82. The fourth-order valence-electron chi connectivity index (χ4n) is 2.78. The molecule has 0 N–H and O–H groups in total. The summed E-state index contributed by atoms with van der Waals surface area (Å²) in [5, 5.41) is 7.24. The smallest absolute Gasteiger partial charge is 0.000442 e. The Balaban J connectivity index is 0.000000452. The third kappa shape index (κ3) is 9.16. The van der Waals surface area contributed by atoms with Crippen LogP contribution in [0.15, 0.2) is 48.5 Å². The van der Waals surface area contributed by atoms with Gasteiger partial charge in [-0.2, -0.15) is 12.1 Å². The molecular formula is C22H20Cl6SiZr-2. The van der Waals surface area contributed by atoms with Gasteiger partial charge in [-0.15, -0.1) is 56.9 Å². The fraction of sp³-hybridized carbons (Fsp3) is 0.182. The zero-order valence-electron chi connectivity index (χ0n) is 16.9. The van der Waals surface area contributed by atoms with Crippen molar-refractivity contribution in [2.45, 2.75) is 26.9 Å². The van der Waals surface area contributed by atoms with E-state index >= 15 is 0 Å². The summed E-state index contributed by atoms with van der Waals surface area (Å²) in [5.41, 5.74) is 2.64. The second kappa shape index (κ2) is 13.9. The number of halogens is 6. The molecule has 0 bridgehead atoms. The molecule has 0 amide bonds. The van der Waals surface area contributed by atoms with Gasteiger partial charge in [0.1, 0.15) is 0 Å². The van der Waals surface area contributed by atoms with E-state index in [-0.39, 0.29) is 30.2 Å². The Kier molecular flexibility index (Phi) is 14.1. The molecule has 0 saturated carbocycles. The standard InChI is InChI=1S/2C10H7Cl2.C2H6Si.2ClH.Zr/c2*1-6-2-7-4-8(11)5-10(12)9(7)3-6;1-3-2;;;/h2*2-5H,1H3;1-2H3;2*1H;/q2*-1;;;;+2/p-2. The van der Waals surface area contributed by atoms with Crippen LogP contribution in [0.1, 0.15) is 11.1 Å². The van der Waals surface area contributed by atoms with E-state index in [1.165, 1.54) is 11.1 Å². The number of hydrogen-bond donors (Lipinski definition) is 0. The van der Waals surface area contributed by atoms with Crippen molar-refractivity contribution >= 4 is 73.4 Å². The molecule has 160 valence electrons. The molecule has 0 aliphatic heterocycles. The van der Waals surface area contributed by atoms with E-state index in [9.17, 15) is 0 Å². The van der Waals surface area contributed by atoms with Crippen molar-refractivity contribution < 1.29 is 48.1 Å². The van der Waals surface area contributed by atoms with Crippen LogP contribution >= 0.6 is 46.4 Å². The molecule has 0 radical (unpaired) electrons. The van der Waals surface area contributed by atoms with Crippen molar-refractivity contribution in [3.8, 4) is 0 Å². The second-order valence-corrected chi connectivity index (χ2v) is 17.9. The first kappa shape index (κ1) is 30.5. The average Bonchev–Trinajstić information content (AvgIpc) is 3.09. The van der Waals surface area contributed by atoms with Crippen LogP contribution in [-0.2, 0) is 23.3 Å². The molecule has 8 heteroatoms. The molecule has 4 aromatic rings. The van der Waals surface area contributed by atoms with Crippen molar-refractivity contribution in [1.82, 2.24) is 0 Å². The quantitative estimate of drug-likeness (QED) is 0.211. The van der Waals surface area contributed by atoms with Crippen molar-refractivity contribution in [2.24, 2.45) is 0 Å². The van der Waals surface area contributed by atoms with E-state index in [2.05, 4.69) is 37.4 Å². The number of rotatable bonds is 0. The van der Waals surface area contributed by atoms with Gasteiger partial charge in [0.2, 0.25) is 0 Å². The van der Waals surface area contributed by atoms with Crippen molar-refractivity contribution in [2.75, 3.05) is 0 Å². The Bertz CT molecular complexity index is 1040. The molecule has 4 aromatic carbocycles. The SMILES string of the molecule is C[Si](C)=[Zr+2].Cc1cc2c(Cl)cc(Cl)cc2[cH-]1.Cc1cc2c(Cl)cc(Cl)cc2[cH-]1.[Cl-].[Cl-]. The largest absolute Gasteiger partial charge is 1.00 e. The molecule has 0 saturated heterocycles. The summed E-state index contributed by atoms with van der Waals surface area (Å²) in [6.07, 6.45) is 0. The monoisotopic (exact) mass is 612 g/mol. The van der Waals surface area contributed by atoms with Gasteiger partial charge in [0.15, 0.2) is 0 Å². The summed E-state index contributed by atoms with van der Waals surface area (Å²) in [5.74, 6) is 0. The molecule has 0 unspecified atom stereocenters. The van der Waals surface area contributed by atoms with Crippen LogP contribution in [0.3, 0.4) is 0 Å². The molecule has 0 nitrogen and oxygen atoms in total. The van der Waals surface area contributed by atoms with E-state index in [1.807, 2.05) is 26.0 Å². The van der Waals surface area contributed by atoms with Crippen LogP contribution in [-0.4, -0.2) is 5.43 Å². The molecule has 4 rings (SSSR count). The summed E-state index contributed by atoms with van der Waals surface area (Å²) in [7, 11) is 0. The van der Waals surface area contributed by atoms with Crippen molar-refractivity contribution in [3.05, 3.63) is 79.7 Å². The summed E-state index contributed by atoms with van der Waals surface area (Å²) in [4.78, 5) is 0. The van der Waals surface area contributed by atoms with E-state index < -0.39 is 0 Å². The Hall–Kier alpha value is 0.500. The van der Waals surface area contributed by atoms with Crippen molar-refractivity contribution in [3.63, 3.8) is 0 Å². The zero-order valence-corrected chi connectivity index (χ0v) is 24.9. The van der Waals surface area contributed by atoms with Crippen LogP contribution in [0.2, 0.25) is 33.2 Å². The van der Waals surface area contributed by atoms with Gasteiger partial charge in [-0.05, 0) is 22.2 Å². The second-order valence-electron chi connectivity index (χ2n) is 6.85. The van der Waals surface area contributed by atoms with E-state index in [4.69, 9.17) is 46.4 Å². The van der Waals surface area contributed by atoms with E-state index in [1.54, 1.807) is 35.5 Å². The minimum Gasteiger partial charge on any atom is -1.00 e. The van der Waals surface area contributed by atoms with Crippen molar-refractivity contribution in [1.29, 1.82) is 0 Å². The van der Waals surface area contributed by atoms with E-state index in [0.717, 1.165) is 31.6 Å². The minimum absolute atomic E-state index is 0. The maximum absolute atomic E-state index is 5.99. The van der Waals surface area contributed by atoms with Crippen LogP contribution in [0.5, 0.6) is 0 Å². The molecule has 0 aromatic heterocycles. The van der Waals surface area contributed by atoms with E-state index in [0.29, 0.717) is 10.0 Å². The Labute approximate surface area is 226 Å². The first-order valence-electron chi connectivity index (χ1n) is 8.62. The van der Waals surface area contributed by atoms with Crippen LogP contribution < -0.4 is 24.8 Å². The first-order chi connectivity index (χ1) is 13.1. The first-order valence-corrected chi connectivity index (χ1v) is 16.3. The molecule has 0 aliphatic carbocycles. The van der Waals surface area contributed by atoms with Gasteiger partial charge in [0, 0.05) is 10.0 Å². The molecular weight excluding hydrogens is 596 g/mol. The normalized spacial score (nSPS) is 9.67. The molecule has 0 fully saturated rings. The summed E-state index contributed by atoms with van der Waals surface area (Å²) in [6.45, 7) is 8.71. The van der Waals surface area contributed by atoms with Crippen LogP contribution in [0.4, 0.5) is 0 Å². The predicted octanol–water partition coefficient (Wildman–Crippen LogP) is 3.14. The van der Waals surface area contributed by atoms with Crippen LogP contribution in [0.25, 0.3) is 21.5 Å². The molecule has 0 aliphatic rings. The summed E-state index contributed by atoms with van der Waals surface area (Å²) < 4.78 is 0. The van der Waals surface area contributed by atoms with Gasteiger partial charge < -0.3 is 24.8 Å². The Morgan fingerprint density at radius 1 is 0.667 bits per heavy atom. The van der Waals surface area contributed by atoms with Gasteiger partial charge in [0.25, 0.3) is 0 Å². The van der Waals surface area contributed by atoms with Gasteiger partial charge >= 0.3 is 41.9 Å². The molecule has 0 atom stereocenters. The molecule has 0 heterocycles. The third-order valence-electron chi connectivity index (χ3n) is 3.76. The van der Waals surface area contributed by atoms with Gasteiger partial charge in [-0.1, -0.05) is 60.3 Å². The number of hydrogen-bond acceptors (Lipinski definition) is 0. The maximum atomic E-state index is 5.99. The number of fused-ring (bicyclic) bond motifs is 2. The van der Waals surface area contributed by atoms with Crippen LogP contribution in [0, 0.1) is 13.8 Å². The summed E-state index contributed by atoms with van der Waals surface area (Å²) in [6, 6.07) is 15.7. The molecule has 30 heavy (non-hydrogen) atoms.